The van der Waals surface area contributed by atoms with Crippen molar-refractivity contribution in [2.75, 3.05) is 20.6 Å². The Morgan fingerprint density at radius 1 is 1.07 bits per heavy atom. The Balaban J connectivity index is 0.00000103. The first kappa shape index (κ1) is 38.6. The molecule has 0 saturated carbocycles. The van der Waals surface area contributed by atoms with Crippen molar-refractivity contribution in [2.45, 2.75) is 79.8 Å². The van der Waals surface area contributed by atoms with Gasteiger partial charge in [-0.3, -0.25) is 19.1 Å². The van der Waals surface area contributed by atoms with Crippen molar-refractivity contribution in [1.82, 2.24) is 29.7 Å². The van der Waals surface area contributed by atoms with Crippen molar-refractivity contribution in [3.63, 3.8) is 0 Å². The second-order valence-electron chi connectivity index (χ2n) is 9.49. The third-order valence-corrected chi connectivity index (χ3v) is 6.94. The van der Waals surface area contributed by atoms with E-state index in [2.05, 4.69) is 43.7 Å². The molecule has 0 bridgehead atoms. The van der Waals surface area contributed by atoms with Crippen molar-refractivity contribution < 1.29 is 14.7 Å². The number of para-hydroxylation sites is 1. The van der Waals surface area contributed by atoms with E-state index in [1.54, 1.807) is 6.07 Å². The van der Waals surface area contributed by atoms with Gasteiger partial charge in [-0.2, -0.15) is 0 Å². The number of rotatable bonds is 7. The van der Waals surface area contributed by atoms with Gasteiger partial charge in [-0.15, -0.1) is 6.42 Å². The topological polar surface area (TPSA) is 113 Å². The van der Waals surface area contributed by atoms with Gasteiger partial charge in [-0.05, 0) is 69.7 Å². The molecule has 2 aromatic heterocycles. The molecule has 2 N–H and O–H groups in total. The largest absolute Gasteiger partial charge is 0.483 e. The quantitative estimate of drug-likeness (QED) is 0.163. The van der Waals surface area contributed by atoms with E-state index in [0.29, 0.717) is 16.8 Å². The van der Waals surface area contributed by atoms with E-state index in [1.165, 1.54) is 0 Å². The lowest BCUT2D eigenvalue weighted by Crippen LogP contribution is -2.23. The molecule has 0 spiro atoms. The van der Waals surface area contributed by atoms with Crippen LogP contribution in [0.3, 0.4) is 0 Å². The number of carboxylic acid groups (broad SMARTS) is 1. The van der Waals surface area contributed by atoms with E-state index in [-0.39, 0.29) is 18.6 Å². The SMILES string of the molecule is C#Cc1cccc(C=O)c1-n1c(C(CC)N(C)C)nc2ccc(-c3cnc(C4CCCN4)nc3)cc21.CC.CC.CC.O=CO. The number of hydrogen-bond acceptors (Lipinski definition) is 7. The summed E-state index contributed by atoms with van der Waals surface area (Å²) in [5.74, 6) is 4.45. The van der Waals surface area contributed by atoms with E-state index in [9.17, 15) is 4.79 Å². The van der Waals surface area contributed by atoms with Gasteiger partial charge in [0.1, 0.15) is 11.6 Å². The monoisotopic (exact) mass is 614 g/mol. The lowest BCUT2D eigenvalue weighted by atomic mass is 10.1. The lowest BCUT2D eigenvalue weighted by Gasteiger charge is -2.24. The van der Waals surface area contributed by atoms with E-state index in [1.807, 2.05) is 92.3 Å². The van der Waals surface area contributed by atoms with Crippen LogP contribution in [0.4, 0.5) is 0 Å². The van der Waals surface area contributed by atoms with Crippen LogP contribution in [0, 0.1) is 12.3 Å². The van der Waals surface area contributed by atoms with Crippen LogP contribution in [-0.2, 0) is 4.79 Å². The van der Waals surface area contributed by atoms with Gasteiger partial charge in [0.2, 0.25) is 0 Å². The molecule has 4 aromatic rings. The second-order valence-corrected chi connectivity index (χ2v) is 9.49. The predicted octanol–water partition coefficient (Wildman–Crippen LogP) is 7.49. The number of carbonyl (C=O) groups is 2. The molecule has 1 aliphatic heterocycles. The minimum absolute atomic E-state index is 0.0349. The normalized spacial score (nSPS) is 13.8. The van der Waals surface area contributed by atoms with Gasteiger partial charge in [0, 0.05) is 29.1 Å². The number of nitrogens with zero attached hydrogens (tertiary/aromatic N) is 5. The third-order valence-electron chi connectivity index (χ3n) is 6.94. The van der Waals surface area contributed by atoms with Crippen LogP contribution in [0.5, 0.6) is 0 Å². The van der Waals surface area contributed by atoms with Crippen molar-refractivity contribution in [3.8, 4) is 29.2 Å². The highest BCUT2D eigenvalue weighted by Gasteiger charge is 2.25. The van der Waals surface area contributed by atoms with Crippen LogP contribution >= 0.6 is 0 Å². The molecule has 0 amide bonds. The number of benzene rings is 2. The standard InChI is InChI=1S/C29H30N6O.3C2H6.CH2O2/c1-5-19-9-7-10-21(18-36)27(19)35-26-15-20(12-13-23(26)33-29(35)25(6-2)34(3)4)22-16-31-28(32-17-22)24-11-8-14-30-24;3*1-2;2-1-3/h1,7,9-10,12-13,15-18,24-25,30H,6,8,11,14H2,2-4H3;3*1-2H3;1H,(H,2,3). The summed E-state index contributed by atoms with van der Waals surface area (Å²) in [4.78, 5) is 36.9. The van der Waals surface area contributed by atoms with Crippen LogP contribution in [0.25, 0.3) is 27.8 Å². The molecule has 3 heterocycles. The Kier molecular flexibility index (Phi) is 17.6. The zero-order valence-corrected chi connectivity index (χ0v) is 28.3. The van der Waals surface area contributed by atoms with Gasteiger partial charge >= 0.3 is 0 Å². The molecule has 242 valence electrons. The molecule has 0 aliphatic carbocycles. The van der Waals surface area contributed by atoms with Gasteiger partial charge in [0.05, 0.1) is 28.8 Å². The molecular formula is C36H50N6O3. The Morgan fingerprint density at radius 2 is 1.71 bits per heavy atom. The lowest BCUT2D eigenvalue weighted by molar-refractivity contribution is -0.122. The van der Waals surface area contributed by atoms with E-state index < -0.39 is 0 Å². The average molecular weight is 615 g/mol. The number of aldehydes is 1. The fraction of sp³-hybridized carbons (Fsp3) is 0.417. The zero-order chi connectivity index (χ0) is 33.9. The summed E-state index contributed by atoms with van der Waals surface area (Å²) in [7, 11) is 4.07. The molecule has 2 unspecified atom stereocenters. The Labute approximate surface area is 269 Å². The number of carbonyl (C=O) groups excluding carboxylic acids is 1. The fourth-order valence-corrected chi connectivity index (χ4v) is 5.11. The smallest absolute Gasteiger partial charge is 0.290 e. The molecule has 9 nitrogen and oxygen atoms in total. The van der Waals surface area contributed by atoms with Gasteiger partial charge < -0.3 is 10.4 Å². The summed E-state index contributed by atoms with van der Waals surface area (Å²) in [6.07, 6.45) is 13.6. The Morgan fingerprint density at radius 3 is 2.22 bits per heavy atom. The summed E-state index contributed by atoms with van der Waals surface area (Å²) in [5.41, 5.74) is 5.49. The molecule has 0 radical (unpaired) electrons. The molecule has 9 heteroatoms. The van der Waals surface area contributed by atoms with Crippen molar-refractivity contribution in [2.24, 2.45) is 0 Å². The molecule has 2 atom stereocenters. The number of fused-ring (bicyclic) bond motifs is 1. The van der Waals surface area contributed by atoms with E-state index in [0.717, 1.165) is 65.9 Å². The van der Waals surface area contributed by atoms with Crippen LogP contribution in [0.15, 0.2) is 48.8 Å². The molecule has 2 aromatic carbocycles. The van der Waals surface area contributed by atoms with Gasteiger partial charge in [-0.1, -0.05) is 66.5 Å². The van der Waals surface area contributed by atoms with E-state index >= 15 is 0 Å². The van der Waals surface area contributed by atoms with Crippen LogP contribution in [0.2, 0.25) is 0 Å². The molecular weight excluding hydrogens is 564 g/mol. The third kappa shape index (κ3) is 9.30. The van der Waals surface area contributed by atoms with Crippen molar-refractivity contribution in [3.05, 3.63) is 71.6 Å². The van der Waals surface area contributed by atoms with Gasteiger partial charge in [0.15, 0.2) is 6.29 Å². The maximum atomic E-state index is 12.1. The van der Waals surface area contributed by atoms with E-state index in [4.69, 9.17) is 21.3 Å². The number of nitrogens with one attached hydrogen (secondary N) is 1. The average Bonchev–Trinajstić information content (AvgIpc) is 3.76. The second kappa shape index (κ2) is 20.5. The first-order chi connectivity index (χ1) is 22.0. The van der Waals surface area contributed by atoms with Crippen LogP contribution in [-0.4, -0.2) is 62.9 Å². The number of aromatic nitrogens is 4. The minimum Gasteiger partial charge on any atom is -0.483 e. The first-order valence-corrected chi connectivity index (χ1v) is 15.8. The number of hydrogen-bond donors (Lipinski definition) is 2. The molecule has 1 fully saturated rings. The van der Waals surface area contributed by atoms with Crippen molar-refractivity contribution >= 4 is 23.8 Å². The maximum Gasteiger partial charge on any atom is 0.290 e. The molecule has 5 rings (SSSR count). The van der Waals surface area contributed by atoms with Crippen molar-refractivity contribution in [1.29, 1.82) is 0 Å². The predicted molar refractivity (Wildman–Crippen MR) is 185 cm³/mol. The number of imidazole rings is 1. The Hall–Kier alpha value is -4.39. The molecule has 1 aliphatic rings. The molecule has 45 heavy (non-hydrogen) atoms. The fourth-order valence-electron chi connectivity index (χ4n) is 5.11. The van der Waals surface area contributed by atoms with Gasteiger partial charge in [0.25, 0.3) is 6.47 Å². The Bertz CT molecular complexity index is 1500. The summed E-state index contributed by atoms with van der Waals surface area (Å²) < 4.78 is 2.06. The minimum atomic E-state index is -0.250. The zero-order valence-electron chi connectivity index (χ0n) is 28.3. The highest BCUT2D eigenvalue weighted by atomic mass is 16.3. The summed E-state index contributed by atoms with van der Waals surface area (Å²) in [6.45, 7) is 14.9. The number of terminal acetylenes is 1. The molecule has 1 saturated heterocycles. The summed E-state index contributed by atoms with van der Waals surface area (Å²) in [5, 5.41) is 10.3. The van der Waals surface area contributed by atoms with Crippen LogP contribution < -0.4 is 5.32 Å². The summed E-state index contributed by atoms with van der Waals surface area (Å²) >= 11 is 0. The highest BCUT2D eigenvalue weighted by Crippen LogP contribution is 2.34. The maximum absolute atomic E-state index is 12.1. The summed E-state index contributed by atoms with van der Waals surface area (Å²) in [6, 6.07) is 11.9. The first-order valence-electron chi connectivity index (χ1n) is 15.8. The van der Waals surface area contributed by atoms with Crippen LogP contribution in [0.1, 0.15) is 107 Å². The van der Waals surface area contributed by atoms with Gasteiger partial charge in [-0.25, -0.2) is 15.0 Å². The highest BCUT2D eigenvalue weighted by molar-refractivity contribution is 5.89.